The van der Waals surface area contributed by atoms with Crippen molar-refractivity contribution in [1.29, 1.82) is 0 Å². The zero-order valence-electron chi connectivity index (χ0n) is 11.7. The molecule has 0 amide bonds. The number of nitrogens with zero attached hydrogens (tertiary/aromatic N) is 2. The van der Waals surface area contributed by atoms with Crippen LogP contribution < -0.4 is 5.32 Å². The van der Waals surface area contributed by atoms with Crippen LogP contribution in [0.4, 0.5) is 5.69 Å². The van der Waals surface area contributed by atoms with E-state index in [1.165, 1.54) is 37.0 Å². The van der Waals surface area contributed by atoms with E-state index in [0.29, 0.717) is 12.1 Å². The van der Waals surface area contributed by atoms with Gasteiger partial charge in [0.05, 0.1) is 11.7 Å². The molecule has 0 atom stereocenters. The maximum atomic E-state index is 4.12. The summed E-state index contributed by atoms with van der Waals surface area (Å²) in [6, 6.07) is 7.53. The second-order valence-electron chi connectivity index (χ2n) is 5.69. The first-order valence-corrected chi connectivity index (χ1v) is 7.17. The molecule has 4 nitrogen and oxygen atoms in total. The van der Waals surface area contributed by atoms with Crippen LogP contribution in [0.3, 0.4) is 0 Å². The number of hydrogen-bond acceptors (Lipinski definition) is 3. The summed E-state index contributed by atoms with van der Waals surface area (Å²) in [5.41, 5.74) is 2.30. The van der Waals surface area contributed by atoms with Crippen molar-refractivity contribution in [2.75, 3.05) is 18.4 Å². The van der Waals surface area contributed by atoms with Gasteiger partial charge in [-0.2, -0.15) is 5.10 Å². The molecule has 1 aromatic carbocycles. The molecule has 1 fully saturated rings. The lowest BCUT2D eigenvalue weighted by molar-refractivity contribution is 0.177. The van der Waals surface area contributed by atoms with Crippen LogP contribution in [0.15, 0.2) is 24.4 Å². The topological polar surface area (TPSA) is 44.0 Å². The van der Waals surface area contributed by atoms with Gasteiger partial charge in [0, 0.05) is 36.2 Å². The zero-order chi connectivity index (χ0) is 13.2. The molecule has 0 unspecified atom stereocenters. The van der Waals surface area contributed by atoms with Crippen molar-refractivity contribution in [1.82, 2.24) is 15.1 Å². The number of H-pyrrole nitrogens is 1. The van der Waals surface area contributed by atoms with E-state index in [2.05, 4.69) is 52.5 Å². The molecule has 3 rings (SSSR count). The number of likely N-dealkylation sites (tertiary alicyclic amines) is 1. The van der Waals surface area contributed by atoms with E-state index in [4.69, 9.17) is 0 Å². The summed E-state index contributed by atoms with van der Waals surface area (Å²) < 4.78 is 0. The van der Waals surface area contributed by atoms with Gasteiger partial charge in [-0.3, -0.25) is 5.10 Å². The van der Waals surface area contributed by atoms with Crippen LogP contribution in [0.25, 0.3) is 10.9 Å². The maximum absolute atomic E-state index is 4.12. The lowest BCUT2D eigenvalue weighted by atomic mass is 10.0. The summed E-state index contributed by atoms with van der Waals surface area (Å²) in [5, 5.41) is 12.0. The number of fused-ring (bicyclic) bond motifs is 1. The van der Waals surface area contributed by atoms with Gasteiger partial charge >= 0.3 is 0 Å². The van der Waals surface area contributed by atoms with Crippen molar-refractivity contribution >= 4 is 16.6 Å². The number of hydrogen-bond donors (Lipinski definition) is 2. The highest BCUT2D eigenvalue weighted by Gasteiger charge is 2.20. The van der Waals surface area contributed by atoms with Crippen LogP contribution in [0.2, 0.25) is 0 Å². The predicted octanol–water partition coefficient (Wildman–Crippen LogP) is 2.85. The van der Waals surface area contributed by atoms with E-state index in [0.717, 1.165) is 5.52 Å². The van der Waals surface area contributed by atoms with E-state index >= 15 is 0 Å². The van der Waals surface area contributed by atoms with E-state index in [1.807, 2.05) is 6.20 Å². The minimum Gasteiger partial charge on any atom is -0.382 e. The molecule has 2 N–H and O–H groups in total. The third-order valence-corrected chi connectivity index (χ3v) is 4.10. The van der Waals surface area contributed by atoms with Gasteiger partial charge in [0.15, 0.2) is 0 Å². The number of aromatic nitrogens is 2. The predicted molar refractivity (Wildman–Crippen MR) is 79.4 cm³/mol. The van der Waals surface area contributed by atoms with Crippen LogP contribution in [-0.4, -0.2) is 40.3 Å². The molecule has 0 spiro atoms. The molecule has 0 radical (unpaired) electrons. The van der Waals surface area contributed by atoms with Gasteiger partial charge in [-0.15, -0.1) is 0 Å². The minimum atomic E-state index is 0.579. The summed E-state index contributed by atoms with van der Waals surface area (Å²) in [4.78, 5) is 2.55. The Labute approximate surface area is 114 Å². The molecular weight excluding hydrogens is 236 g/mol. The second kappa shape index (κ2) is 5.21. The fraction of sp³-hybridized carbons (Fsp3) is 0.533. The molecule has 2 aromatic rings. The van der Waals surface area contributed by atoms with Crippen LogP contribution in [0.1, 0.15) is 26.7 Å². The lowest BCUT2D eigenvalue weighted by Gasteiger charge is -2.35. The lowest BCUT2D eigenvalue weighted by Crippen LogP contribution is -2.42. The SMILES string of the molecule is CC(C)N1CCC(Nc2cccc3[nH]ncc23)CC1. The molecule has 1 saturated heterocycles. The Hall–Kier alpha value is -1.55. The number of rotatable bonds is 3. The standard InChI is InChI=1S/C15H22N4/c1-11(2)19-8-6-12(7-9-19)17-14-4-3-5-15-13(14)10-16-18-15/h3-5,10-12,17H,6-9H2,1-2H3,(H,16,18). The maximum Gasteiger partial charge on any atom is 0.0671 e. The van der Waals surface area contributed by atoms with Gasteiger partial charge in [-0.25, -0.2) is 0 Å². The highest BCUT2D eigenvalue weighted by atomic mass is 15.2. The second-order valence-corrected chi connectivity index (χ2v) is 5.69. The van der Waals surface area contributed by atoms with Gasteiger partial charge in [-0.1, -0.05) is 6.07 Å². The van der Waals surface area contributed by atoms with Gasteiger partial charge in [0.1, 0.15) is 0 Å². The molecule has 102 valence electrons. The third-order valence-electron chi connectivity index (χ3n) is 4.10. The van der Waals surface area contributed by atoms with Gasteiger partial charge in [-0.05, 0) is 38.8 Å². The molecule has 0 saturated carbocycles. The summed E-state index contributed by atoms with van der Waals surface area (Å²) in [6.45, 7) is 6.94. The van der Waals surface area contributed by atoms with Crippen molar-refractivity contribution < 1.29 is 0 Å². The van der Waals surface area contributed by atoms with Gasteiger partial charge in [0.2, 0.25) is 0 Å². The van der Waals surface area contributed by atoms with Crippen LogP contribution in [0.5, 0.6) is 0 Å². The highest BCUT2D eigenvalue weighted by molar-refractivity contribution is 5.90. The van der Waals surface area contributed by atoms with Crippen molar-refractivity contribution in [2.24, 2.45) is 0 Å². The van der Waals surface area contributed by atoms with E-state index in [1.54, 1.807) is 0 Å². The fourth-order valence-electron chi connectivity index (χ4n) is 2.87. The molecule has 0 bridgehead atoms. The first kappa shape index (κ1) is 12.5. The Morgan fingerprint density at radius 1 is 1.32 bits per heavy atom. The monoisotopic (exact) mass is 258 g/mol. The number of aromatic amines is 1. The summed E-state index contributed by atoms with van der Waals surface area (Å²) in [5.74, 6) is 0. The average Bonchev–Trinajstić information content (AvgIpc) is 2.89. The number of benzene rings is 1. The van der Waals surface area contributed by atoms with Gasteiger partial charge in [0.25, 0.3) is 0 Å². The molecule has 1 aliphatic rings. The van der Waals surface area contributed by atoms with E-state index in [-0.39, 0.29) is 0 Å². The molecule has 2 heterocycles. The van der Waals surface area contributed by atoms with Crippen molar-refractivity contribution in [3.8, 4) is 0 Å². The first-order chi connectivity index (χ1) is 9.24. The van der Waals surface area contributed by atoms with E-state index in [9.17, 15) is 0 Å². The molecule has 19 heavy (non-hydrogen) atoms. The number of anilines is 1. The Kier molecular flexibility index (Phi) is 3.42. The van der Waals surface area contributed by atoms with Crippen LogP contribution in [0, 0.1) is 0 Å². The van der Waals surface area contributed by atoms with Crippen molar-refractivity contribution in [2.45, 2.75) is 38.8 Å². The first-order valence-electron chi connectivity index (χ1n) is 7.17. The fourth-order valence-corrected chi connectivity index (χ4v) is 2.87. The largest absolute Gasteiger partial charge is 0.382 e. The van der Waals surface area contributed by atoms with Crippen LogP contribution >= 0.6 is 0 Å². The minimum absolute atomic E-state index is 0.579. The summed E-state index contributed by atoms with van der Waals surface area (Å²) >= 11 is 0. The zero-order valence-corrected chi connectivity index (χ0v) is 11.7. The number of piperidine rings is 1. The van der Waals surface area contributed by atoms with Crippen molar-refractivity contribution in [3.63, 3.8) is 0 Å². The normalized spacial score (nSPS) is 18.3. The van der Waals surface area contributed by atoms with E-state index < -0.39 is 0 Å². The molecular formula is C15H22N4. The Morgan fingerprint density at radius 3 is 2.84 bits per heavy atom. The van der Waals surface area contributed by atoms with Gasteiger partial charge < -0.3 is 10.2 Å². The number of nitrogens with one attached hydrogen (secondary N) is 2. The third kappa shape index (κ3) is 2.59. The molecule has 1 aliphatic heterocycles. The summed E-state index contributed by atoms with van der Waals surface area (Å²) in [7, 11) is 0. The average molecular weight is 258 g/mol. The Balaban J connectivity index is 1.68. The molecule has 4 heteroatoms. The summed E-state index contributed by atoms with van der Waals surface area (Å²) in [6.07, 6.45) is 4.33. The molecule has 1 aromatic heterocycles. The Morgan fingerprint density at radius 2 is 2.11 bits per heavy atom. The highest BCUT2D eigenvalue weighted by Crippen LogP contribution is 2.24. The van der Waals surface area contributed by atoms with Crippen molar-refractivity contribution in [3.05, 3.63) is 24.4 Å². The smallest absolute Gasteiger partial charge is 0.0671 e. The quantitative estimate of drug-likeness (QED) is 0.889. The van der Waals surface area contributed by atoms with Crippen LogP contribution in [-0.2, 0) is 0 Å². The molecule has 0 aliphatic carbocycles. The Bertz CT molecular complexity index is 538.